The Kier molecular flexibility index (Phi) is 7.83. The minimum Gasteiger partial charge on any atom is -0.318 e. The SMILES string of the molecule is Cc1ccc(-n2c(C)cc(/C=N\NC(=O)CN(c3cc(C)ccc3C)S(=O)(=O)c3ccccc3)c2C)cc1. The molecule has 0 fully saturated rings. The fraction of sp³-hybridized carbons (Fsp3) is 0.200. The predicted molar refractivity (Wildman–Crippen MR) is 153 cm³/mol. The topological polar surface area (TPSA) is 83.8 Å². The summed E-state index contributed by atoms with van der Waals surface area (Å²) in [6.45, 7) is 9.34. The zero-order valence-electron chi connectivity index (χ0n) is 22.3. The number of benzene rings is 3. The van der Waals surface area contributed by atoms with Crippen molar-refractivity contribution in [2.45, 2.75) is 39.5 Å². The highest BCUT2D eigenvalue weighted by Gasteiger charge is 2.28. The summed E-state index contributed by atoms with van der Waals surface area (Å²) in [7, 11) is -3.99. The fourth-order valence-electron chi connectivity index (χ4n) is 4.36. The van der Waals surface area contributed by atoms with Crippen molar-refractivity contribution in [1.82, 2.24) is 9.99 Å². The second-order valence-corrected chi connectivity index (χ2v) is 11.3. The summed E-state index contributed by atoms with van der Waals surface area (Å²) in [5.74, 6) is -0.547. The zero-order chi connectivity index (χ0) is 27.4. The van der Waals surface area contributed by atoms with E-state index in [-0.39, 0.29) is 4.90 Å². The Hall–Kier alpha value is -4.17. The van der Waals surface area contributed by atoms with Gasteiger partial charge in [-0.15, -0.1) is 0 Å². The van der Waals surface area contributed by atoms with Crippen LogP contribution >= 0.6 is 0 Å². The minimum absolute atomic E-state index is 0.112. The van der Waals surface area contributed by atoms with Gasteiger partial charge in [-0.3, -0.25) is 9.10 Å². The number of hydrogen-bond acceptors (Lipinski definition) is 4. The van der Waals surface area contributed by atoms with E-state index < -0.39 is 22.5 Å². The second-order valence-electron chi connectivity index (χ2n) is 9.41. The Morgan fingerprint density at radius 1 is 0.895 bits per heavy atom. The molecule has 0 bridgehead atoms. The maximum Gasteiger partial charge on any atom is 0.264 e. The van der Waals surface area contributed by atoms with Gasteiger partial charge >= 0.3 is 0 Å². The molecule has 0 saturated carbocycles. The number of carbonyl (C=O) groups excluding carboxylic acids is 1. The van der Waals surface area contributed by atoms with Crippen LogP contribution in [0.3, 0.4) is 0 Å². The van der Waals surface area contributed by atoms with Crippen LogP contribution in [0.25, 0.3) is 5.69 Å². The second kappa shape index (κ2) is 11.1. The van der Waals surface area contributed by atoms with E-state index >= 15 is 0 Å². The number of nitrogens with zero attached hydrogens (tertiary/aromatic N) is 3. The molecule has 38 heavy (non-hydrogen) atoms. The standard InChI is InChI=1S/C30H32N4O3S/c1-21-12-15-27(16-13-21)34-24(4)18-26(25(34)5)19-31-32-30(35)20-33(29-17-22(2)11-14-23(29)3)38(36,37)28-9-7-6-8-10-28/h6-19H,20H2,1-5H3,(H,32,35)/b31-19-. The number of sulfonamides is 1. The normalized spacial score (nSPS) is 11.6. The fourth-order valence-corrected chi connectivity index (χ4v) is 5.85. The molecule has 4 aromatic rings. The first-order chi connectivity index (χ1) is 18.1. The van der Waals surface area contributed by atoms with Crippen LogP contribution in [0.4, 0.5) is 5.69 Å². The number of rotatable bonds is 8. The van der Waals surface area contributed by atoms with Crippen molar-refractivity contribution in [3.05, 3.63) is 113 Å². The Bertz CT molecular complexity index is 1590. The van der Waals surface area contributed by atoms with Crippen molar-refractivity contribution in [1.29, 1.82) is 0 Å². The summed E-state index contributed by atoms with van der Waals surface area (Å²) in [4.78, 5) is 13.1. The molecule has 0 radical (unpaired) electrons. The maximum absolute atomic E-state index is 13.6. The number of hydrogen-bond donors (Lipinski definition) is 1. The van der Waals surface area contributed by atoms with Gasteiger partial charge in [-0.25, -0.2) is 13.8 Å². The van der Waals surface area contributed by atoms with Crippen molar-refractivity contribution in [2.75, 3.05) is 10.8 Å². The highest BCUT2D eigenvalue weighted by Crippen LogP contribution is 2.28. The molecular formula is C30H32N4O3S. The summed E-state index contributed by atoms with van der Waals surface area (Å²) in [5, 5.41) is 4.15. The van der Waals surface area contributed by atoms with Gasteiger partial charge in [0.25, 0.3) is 15.9 Å². The summed E-state index contributed by atoms with van der Waals surface area (Å²) < 4.78 is 30.4. The quantitative estimate of drug-likeness (QED) is 0.247. The lowest BCUT2D eigenvalue weighted by molar-refractivity contribution is -0.119. The van der Waals surface area contributed by atoms with Crippen LogP contribution in [0.2, 0.25) is 0 Å². The van der Waals surface area contributed by atoms with E-state index in [1.165, 1.54) is 17.7 Å². The minimum atomic E-state index is -3.99. The third kappa shape index (κ3) is 5.70. The molecule has 1 N–H and O–H groups in total. The number of nitrogens with one attached hydrogen (secondary N) is 1. The molecule has 0 aliphatic carbocycles. The highest BCUT2D eigenvalue weighted by molar-refractivity contribution is 7.92. The van der Waals surface area contributed by atoms with Crippen LogP contribution < -0.4 is 9.73 Å². The summed E-state index contributed by atoms with van der Waals surface area (Å²) in [6, 6.07) is 23.9. The third-order valence-electron chi connectivity index (χ3n) is 6.41. The van der Waals surface area contributed by atoms with Crippen molar-refractivity contribution in [3.63, 3.8) is 0 Å². The molecule has 4 rings (SSSR count). The highest BCUT2D eigenvalue weighted by atomic mass is 32.2. The number of aryl methyl sites for hydroxylation is 4. The molecule has 8 heteroatoms. The average Bonchev–Trinajstić information content (AvgIpc) is 3.17. The molecule has 0 aliphatic heterocycles. The molecule has 1 heterocycles. The lowest BCUT2D eigenvalue weighted by Gasteiger charge is -2.25. The summed E-state index contributed by atoms with van der Waals surface area (Å²) in [5.41, 5.74) is 9.70. The molecule has 3 aromatic carbocycles. The monoisotopic (exact) mass is 528 g/mol. The van der Waals surface area contributed by atoms with Gasteiger partial charge < -0.3 is 4.57 Å². The summed E-state index contributed by atoms with van der Waals surface area (Å²) in [6.07, 6.45) is 1.58. The van der Waals surface area contributed by atoms with E-state index in [0.29, 0.717) is 5.69 Å². The smallest absolute Gasteiger partial charge is 0.264 e. The Labute approximate surface area is 224 Å². The number of amides is 1. The Morgan fingerprint density at radius 3 is 2.24 bits per heavy atom. The molecule has 7 nitrogen and oxygen atoms in total. The van der Waals surface area contributed by atoms with E-state index in [1.54, 1.807) is 30.5 Å². The Morgan fingerprint density at radius 2 is 1.55 bits per heavy atom. The Balaban J connectivity index is 1.57. The third-order valence-corrected chi connectivity index (χ3v) is 8.18. The molecule has 1 amide bonds. The average molecular weight is 529 g/mol. The van der Waals surface area contributed by atoms with Crippen LogP contribution in [0, 0.1) is 34.6 Å². The van der Waals surface area contributed by atoms with Crippen LogP contribution in [0.1, 0.15) is 33.6 Å². The molecule has 0 spiro atoms. The predicted octanol–water partition coefficient (Wildman–Crippen LogP) is 5.37. The van der Waals surface area contributed by atoms with Gasteiger partial charge in [-0.1, -0.05) is 48.0 Å². The first kappa shape index (κ1) is 26.9. The van der Waals surface area contributed by atoms with Gasteiger partial charge in [0.05, 0.1) is 16.8 Å². The van der Waals surface area contributed by atoms with Gasteiger partial charge in [-0.05, 0) is 82.1 Å². The number of anilines is 1. The van der Waals surface area contributed by atoms with Crippen molar-refractivity contribution in [3.8, 4) is 5.69 Å². The first-order valence-electron chi connectivity index (χ1n) is 12.3. The molecule has 0 aliphatic rings. The van der Waals surface area contributed by atoms with Crippen LogP contribution in [0.15, 0.2) is 88.9 Å². The lowest BCUT2D eigenvalue weighted by atomic mass is 10.1. The molecule has 1 aromatic heterocycles. The van der Waals surface area contributed by atoms with Crippen LogP contribution in [0.5, 0.6) is 0 Å². The van der Waals surface area contributed by atoms with Gasteiger partial charge in [0.1, 0.15) is 6.54 Å². The van der Waals surface area contributed by atoms with Gasteiger partial charge in [0.2, 0.25) is 0 Å². The molecule has 0 atom stereocenters. The number of aromatic nitrogens is 1. The van der Waals surface area contributed by atoms with Crippen molar-refractivity contribution < 1.29 is 13.2 Å². The van der Waals surface area contributed by atoms with Crippen molar-refractivity contribution >= 4 is 27.8 Å². The van der Waals surface area contributed by atoms with Crippen LogP contribution in [-0.4, -0.2) is 31.7 Å². The zero-order valence-corrected chi connectivity index (χ0v) is 23.1. The van der Waals surface area contributed by atoms with Gasteiger partial charge in [-0.2, -0.15) is 5.10 Å². The lowest BCUT2D eigenvalue weighted by Crippen LogP contribution is -2.40. The first-order valence-corrected chi connectivity index (χ1v) is 13.7. The van der Waals surface area contributed by atoms with E-state index in [4.69, 9.17) is 0 Å². The molecule has 0 unspecified atom stereocenters. The number of hydrazone groups is 1. The maximum atomic E-state index is 13.6. The molecular weight excluding hydrogens is 496 g/mol. The number of carbonyl (C=O) groups is 1. The molecule has 196 valence electrons. The molecule has 0 saturated heterocycles. The van der Waals surface area contributed by atoms with Gasteiger partial charge in [0.15, 0.2) is 0 Å². The van der Waals surface area contributed by atoms with E-state index in [0.717, 1.165) is 38.1 Å². The van der Waals surface area contributed by atoms with E-state index in [1.807, 2.05) is 52.8 Å². The summed E-state index contributed by atoms with van der Waals surface area (Å²) >= 11 is 0. The van der Waals surface area contributed by atoms with Crippen LogP contribution in [-0.2, 0) is 14.8 Å². The van der Waals surface area contributed by atoms with Gasteiger partial charge in [0, 0.05) is 22.6 Å². The van der Waals surface area contributed by atoms with Crippen molar-refractivity contribution in [2.24, 2.45) is 5.10 Å². The largest absolute Gasteiger partial charge is 0.318 e. The van der Waals surface area contributed by atoms with E-state index in [2.05, 4.69) is 39.4 Å². The van der Waals surface area contributed by atoms with E-state index in [9.17, 15) is 13.2 Å².